The van der Waals surface area contributed by atoms with Gasteiger partial charge < -0.3 is 19.9 Å². The summed E-state index contributed by atoms with van der Waals surface area (Å²) in [7, 11) is 0. The molecule has 1 atom stereocenters. The number of nitrogens with zero attached hydrogens (tertiary/aromatic N) is 1. The fourth-order valence-corrected chi connectivity index (χ4v) is 4.97. The van der Waals surface area contributed by atoms with Crippen molar-refractivity contribution in [2.75, 3.05) is 17.7 Å². The summed E-state index contributed by atoms with van der Waals surface area (Å²) in [6.07, 6.45) is 0. The summed E-state index contributed by atoms with van der Waals surface area (Å²) in [5.74, 6) is 1.64. The van der Waals surface area contributed by atoms with E-state index in [1.807, 2.05) is 6.92 Å². The molecule has 1 fully saturated rings. The quantitative estimate of drug-likeness (QED) is 0.293. The van der Waals surface area contributed by atoms with Gasteiger partial charge in [0.1, 0.15) is 16.9 Å². The van der Waals surface area contributed by atoms with Crippen LogP contribution < -0.4 is 20.2 Å². The molecule has 0 bridgehead atoms. The summed E-state index contributed by atoms with van der Waals surface area (Å²) in [4.78, 5) is 12.5. The molecule has 11 heteroatoms. The molecular weight excluding hydrogens is 529 g/mol. The lowest BCUT2D eigenvalue weighted by molar-refractivity contribution is -0.129. The van der Waals surface area contributed by atoms with E-state index in [9.17, 15) is 9.90 Å². The van der Waals surface area contributed by atoms with Crippen molar-refractivity contribution in [2.24, 2.45) is 0 Å². The van der Waals surface area contributed by atoms with Crippen LogP contribution in [-0.2, 0) is 4.79 Å². The van der Waals surface area contributed by atoms with Crippen LogP contribution in [0, 0.1) is 0 Å². The summed E-state index contributed by atoms with van der Waals surface area (Å²) < 4.78 is 11.3. The third-order valence-corrected chi connectivity index (χ3v) is 6.84. The molecule has 0 unspecified atom stereocenters. The minimum absolute atomic E-state index is 0.0435. The van der Waals surface area contributed by atoms with E-state index in [-0.39, 0.29) is 27.9 Å². The number of phenols is 1. The monoisotopic (exact) mass is 549 g/mol. The predicted octanol–water partition coefficient (Wildman–Crippen LogP) is 6.37. The fourth-order valence-electron chi connectivity index (χ4n) is 3.31. The molecule has 1 aliphatic rings. The van der Waals surface area contributed by atoms with Crippen molar-refractivity contribution in [3.8, 4) is 23.0 Å². The normalized spacial score (nSPS) is 15.1. The standard InChI is InChI=1S/C24H21Cl2N3O4S2/c1-2-32-21-11-14(3-9-19(21)30)23-29(22(31)13-35-23)28-24(34)27-16-6-10-20(18(26)12-16)33-17-7-4-15(25)5-8-17/h3-12,23,30H,2,13H2,1H3,(H2,27,28,34)/t23-/m1/s1. The lowest BCUT2D eigenvalue weighted by Crippen LogP contribution is -2.46. The molecule has 0 aromatic heterocycles. The molecule has 0 spiro atoms. The maximum absolute atomic E-state index is 12.5. The molecule has 1 heterocycles. The molecule has 7 nitrogen and oxygen atoms in total. The van der Waals surface area contributed by atoms with Crippen LogP contribution in [0.2, 0.25) is 10.0 Å². The van der Waals surface area contributed by atoms with Gasteiger partial charge in [-0.05, 0) is 79.3 Å². The van der Waals surface area contributed by atoms with Gasteiger partial charge in [-0.25, -0.2) is 5.01 Å². The van der Waals surface area contributed by atoms with Crippen LogP contribution in [0.4, 0.5) is 5.69 Å². The largest absolute Gasteiger partial charge is 0.504 e. The molecule has 0 aliphatic carbocycles. The number of carbonyl (C=O) groups excluding carboxylic acids is 1. The number of hydrogen-bond donors (Lipinski definition) is 3. The first-order chi connectivity index (χ1) is 16.8. The molecule has 35 heavy (non-hydrogen) atoms. The highest BCUT2D eigenvalue weighted by molar-refractivity contribution is 8.00. The molecule has 3 N–H and O–H groups in total. The van der Waals surface area contributed by atoms with Crippen molar-refractivity contribution in [3.05, 3.63) is 76.3 Å². The third-order valence-electron chi connectivity index (χ3n) is 4.89. The first-order valence-electron chi connectivity index (χ1n) is 10.5. The Bertz CT molecular complexity index is 1240. The number of nitrogens with one attached hydrogen (secondary N) is 2. The molecule has 1 saturated heterocycles. The highest BCUT2D eigenvalue weighted by atomic mass is 35.5. The van der Waals surface area contributed by atoms with Crippen LogP contribution in [0.1, 0.15) is 17.9 Å². The number of phenolic OH excluding ortho intramolecular Hbond substituents is 1. The molecule has 3 aromatic rings. The maximum atomic E-state index is 12.5. The zero-order chi connectivity index (χ0) is 24.9. The van der Waals surface area contributed by atoms with E-state index in [4.69, 9.17) is 44.9 Å². The van der Waals surface area contributed by atoms with Gasteiger partial charge in [-0.15, -0.1) is 11.8 Å². The SMILES string of the molecule is CCOc1cc([C@H]2SCC(=O)N2NC(=S)Nc2ccc(Oc3ccc(Cl)cc3)c(Cl)c2)ccc1O. The van der Waals surface area contributed by atoms with Crippen molar-refractivity contribution in [1.82, 2.24) is 10.4 Å². The van der Waals surface area contributed by atoms with Gasteiger partial charge in [0, 0.05) is 10.7 Å². The van der Waals surface area contributed by atoms with Crippen molar-refractivity contribution in [1.29, 1.82) is 0 Å². The second kappa shape index (κ2) is 11.3. The zero-order valence-corrected chi connectivity index (χ0v) is 21.6. The Kier molecular flexibility index (Phi) is 8.12. The van der Waals surface area contributed by atoms with Crippen LogP contribution in [0.25, 0.3) is 0 Å². The summed E-state index contributed by atoms with van der Waals surface area (Å²) in [6.45, 7) is 2.25. The maximum Gasteiger partial charge on any atom is 0.252 e. The van der Waals surface area contributed by atoms with Crippen molar-refractivity contribution < 1.29 is 19.4 Å². The topological polar surface area (TPSA) is 83.1 Å². The zero-order valence-electron chi connectivity index (χ0n) is 18.5. The number of benzene rings is 3. The number of thioether (sulfide) groups is 1. The van der Waals surface area contributed by atoms with Crippen molar-refractivity contribution in [3.63, 3.8) is 0 Å². The van der Waals surface area contributed by atoms with Crippen molar-refractivity contribution >= 4 is 63.9 Å². The van der Waals surface area contributed by atoms with Crippen LogP contribution in [0.3, 0.4) is 0 Å². The van der Waals surface area contributed by atoms with Gasteiger partial charge in [0.15, 0.2) is 16.6 Å². The minimum Gasteiger partial charge on any atom is -0.504 e. The van der Waals surface area contributed by atoms with E-state index < -0.39 is 0 Å². The van der Waals surface area contributed by atoms with Gasteiger partial charge in [-0.3, -0.25) is 10.2 Å². The Balaban J connectivity index is 1.42. The molecule has 182 valence electrons. The molecule has 0 radical (unpaired) electrons. The van der Waals surface area contributed by atoms with Crippen LogP contribution >= 0.6 is 47.2 Å². The minimum atomic E-state index is -0.346. The lowest BCUT2D eigenvalue weighted by Gasteiger charge is -2.26. The molecule has 0 saturated carbocycles. The number of hydrogen-bond acceptors (Lipinski definition) is 6. The van der Waals surface area contributed by atoms with Gasteiger partial charge >= 0.3 is 0 Å². The molecular formula is C24H21Cl2N3O4S2. The summed E-state index contributed by atoms with van der Waals surface area (Å²) in [5, 5.41) is 15.4. The lowest BCUT2D eigenvalue weighted by atomic mass is 10.2. The predicted molar refractivity (Wildman–Crippen MR) is 144 cm³/mol. The van der Waals surface area contributed by atoms with Crippen LogP contribution in [0.15, 0.2) is 60.7 Å². The van der Waals surface area contributed by atoms with E-state index in [2.05, 4.69) is 10.7 Å². The number of carbonyl (C=O) groups is 1. The van der Waals surface area contributed by atoms with E-state index >= 15 is 0 Å². The average Bonchev–Trinajstić information content (AvgIpc) is 3.18. The van der Waals surface area contributed by atoms with E-state index in [0.29, 0.717) is 39.6 Å². The van der Waals surface area contributed by atoms with E-state index in [1.165, 1.54) is 16.8 Å². The summed E-state index contributed by atoms with van der Waals surface area (Å²) >= 11 is 19.2. The van der Waals surface area contributed by atoms with Gasteiger partial charge in [0.2, 0.25) is 0 Å². The highest BCUT2D eigenvalue weighted by Crippen LogP contribution is 2.40. The second-order valence-corrected chi connectivity index (χ2v) is 9.67. The second-order valence-electron chi connectivity index (χ2n) is 7.35. The number of rotatable bonds is 7. The average molecular weight is 550 g/mol. The number of anilines is 1. The Morgan fingerprint density at radius 1 is 1.14 bits per heavy atom. The van der Waals surface area contributed by atoms with Gasteiger partial charge in [0.25, 0.3) is 5.91 Å². The molecule has 1 amide bonds. The Labute approximate surface area is 222 Å². The Morgan fingerprint density at radius 3 is 2.63 bits per heavy atom. The summed E-state index contributed by atoms with van der Waals surface area (Å²) in [6, 6.07) is 17.1. The number of amides is 1. The van der Waals surface area contributed by atoms with Crippen LogP contribution in [-0.4, -0.2) is 33.5 Å². The van der Waals surface area contributed by atoms with Crippen molar-refractivity contribution in [2.45, 2.75) is 12.3 Å². The van der Waals surface area contributed by atoms with Gasteiger partial charge in [-0.2, -0.15) is 0 Å². The van der Waals surface area contributed by atoms with Crippen LogP contribution in [0.5, 0.6) is 23.0 Å². The molecule has 1 aliphatic heterocycles. The first-order valence-corrected chi connectivity index (χ1v) is 12.8. The first kappa shape index (κ1) is 25.2. The van der Waals surface area contributed by atoms with E-state index in [1.54, 1.807) is 60.7 Å². The number of halogens is 2. The fraction of sp³-hybridized carbons (Fsp3) is 0.167. The number of ether oxygens (including phenoxy) is 2. The smallest absolute Gasteiger partial charge is 0.252 e. The third kappa shape index (κ3) is 6.24. The van der Waals surface area contributed by atoms with Gasteiger partial charge in [-0.1, -0.05) is 29.3 Å². The number of hydrazine groups is 1. The molecule has 3 aromatic carbocycles. The highest BCUT2D eigenvalue weighted by Gasteiger charge is 2.34. The molecule has 4 rings (SSSR count). The van der Waals surface area contributed by atoms with E-state index in [0.717, 1.165) is 5.56 Å². The number of aromatic hydroxyl groups is 1. The summed E-state index contributed by atoms with van der Waals surface area (Å²) in [5.41, 5.74) is 4.38. The number of thiocarbonyl (C=S) groups is 1. The Hall–Kier alpha value is -2.85. The van der Waals surface area contributed by atoms with Gasteiger partial charge in [0.05, 0.1) is 17.4 Å². The Morgan fingerprint density at radius 2 is 1.91 bits per heavy atom.